The Labute approximate surface area is 107 Å². The largest absolute Gasteiger partial charge is 0.506 e. The Morgan fingerprint density at radius 1 is 1.16 bits per heavy atom. The molecule has 0 aliphatic rings. The summed E-state index contributed by atoms with van der Waals surface area (Å²) >= 11 is 0. The lowest BCUT2D eigenvalue weighted by molar-refractivity contribution is 0.0697. The highest BCUT2D eigenvalue weighted by Crippen LogP contribution is 2.35. The van der Waals surface area contributed by atoms with Crippen LogP contribution in [0.15, 0.2) is 29.2 Å². The third kappa shape index (κ3) is 2.18. The molecule has 19 heavy (non-hydrogen) atoms. The zero-order chi connectivity index (χ0) is 14.4. The van der Waals surface area contributed by atoms with Crippen LogP contribution in [0.3, 0.4) is 0 Å². The van der Waals surface area contributed by atoms with E-state index in [1.54, 1.807) is 0 Å². The molecule has 2 rings (SSSR count). The van der Waals surface area contributed by atoms with Crippen LogP contribution < -0.4 is 5.73 Å². The molecule has 5 N–H and O–H groups in total. The van der Waals surface area contributed by atoms with Gasteiger partial charge in [-0.1, -0.05) is 6.07 Å². The van der Waals surface area contributed by atoms with E-state index in [0.717, 1.165) is 12.1 Å². The molecule has 0 saturated carbocycles. The minimum absolute atomic E-state index is 0.0716. The summed E-state index contributed by atoms with van der Waals surface area (Å²) in [5.74, 6) is -1.77. The van der Waals surface area contributed by atoms with Crippen molar-refractivity contribution in [2.45, 2.75) is 4.90 Å². The number of hydrogen-bond acceptors (Lipinski definition) is 5. The number of hydrogen-bond donors (Lipinski definition) is 4. The van der Waals surface area contributed by atoms with E-state index in [1.165, 1.54) is 12.1 Å². The third-order valence-electron chi connectivity index (χ3n) is 2.64. The lowest BCUT2D eigenvalue weighted by Crippen LogP contribution is -2.03. The molecular formula is C11H9NO6S. The summed E-state index contributed by atoms with van der Waals surface area (Å²) < 4.78 is 31.6. The molecule has 7 nitrogen and oxygen atoms in total. The predicted octanol–water partition coefficient (Wildman–Crippen LogP) is 1.07. The maximum atomic E-state index is 11.2. The van der Waals surface area contributed by atoms with Crippen LogP contribution in [-0.2, 0) is 10.1 Å². The van der Waals surface area contributed by atoms with Crippen molar-refractivity contribution < 1.29 is 28.0 Å². The summed E-state index contributed by atoms with van der Waals surface area (Å²) in [5, 5.41) is 18.5. The fraction of sp³-hybridized carbons (Fsp3) is 0. The fourth-order valence-corrected chi connectivity index (χ4v) is 2.45. The molecule has 2 aromatic rings. The van der Waals surface area contributed by atoms with Crippen LogP contribution in [-0.4, -0.2) is 29.2 Å². The van der Waals surface area contributed by atoms with Crippen LogP contribution >= 0.6 is 0 Å². The number of nitrogens with two attached hydrogens (primary N) is 1. The normalized spacial score (nSPS) is 11.6. The van der Waals surface area contributed by atoms with Crippen molar-refractivity contribution in [3.63, 3.8) is 0 Å². The number of anilines is 1. The summed E-state index contributed by atoms with van der Waals surface area (Å²) in [7, 11) is -4.62. The Hall–Kier alpha value is -2.32. The number of rotatable bonds is 2. The molecule has 0 fully saturated rings. The predicted molar refractivity (Wildman–Crippen MR) is 66.8 cm³/mol. The van der Waals surface area contributed by atoms with E-state index in [0.29, 0.717) is 0 Å². The van der Waals surface area contributed by atoms with Gasteiger partial charge in [0.15, 0.2) is 0 Å². The molecular weight excluding hydrogens is 274 g/mol. The molecule has 0 spiro atoms. The Morgan fingerprint density at radius 2 is 1.79 bits per heavy atom. The summed E-state index contributed by atoms with van der Waals surface area (Å²) in [5.41, 5.74) is 5.32. The zero-order valence-corrected chi connectivity index (χ0v) is 10.2. The number of fused-ring (bicyclic) bond motifs is 1. The minimum Gasteiger partial charge on any atom is -0.506 e. The second-order valence-electron chi connectivity index (χ2n) is 3.85. The molecule has 0 unspecified atom stereocenters. The van der Waals surface area contributed by atoms with Crippen molar-refractivity contribution in [1.29, 1.82) is 0 Å². The van der Waals surface area contributed by atoms with Gasteiger partial charge < -0.3 is 15.9 Å². The van der Waals surface area contributed by atoms with Crippen LogP contribution in [0.2, 0.25) is 0 Å². The van der Waals surface area contributed by atoms with Gasteiger partial charge in [-0.25, -0.2) is 4.79 Å². The SMILES string of the molecule is Nc1c(O)cc(S(=O)(=O)O)c2cc(C(=O)O)ccc12. The number of phenolic OH excluding ortho intramolecular Hbond substituents is 1. The van der Waals surface area contributed by atoms with E-state index < -0.39 is 26.7 Å². The van der Waals surface area contributed by atoms with Gasteiger partial charge in [-0.05, 0) is 12.1 Å². The van der Waals surface area contributed by atoms with Crippen molar-refractivity contribution in [3.05, 3.63) is 29.8 Å². The maximum Gasteiger partial charge on any atom is 0.335 e. The van der Waals surface area contributed by atoms with Crippen LogP contribution in [0.1, 0.15) is 10.4 Å². The van der Waals surface area contributed by atoms with E-state index in [2.05, 4.69) is 0 Å². The van der Waals surface area contributed by atoms with Crippen LogP contribution in [0.5, 0.6) is 5.75 Å². The van der Waals surface area contributed by atoms with Crippen molar-refractivity contribution in [1.82, 2.24) is 0 Å². The second-order valence-corrected chi connectivity index (χ2v) is 5.24. The maximum absolute atomic E-state index is 11.2. The number of benzene rings is 2. The molecule has 0 saturated heterocycles. The quantitative estimate of drug-likeness (QED) is 0.367. The number of carboxylic acid groups (broad SMARTS) is 1. The van der Waals surface area contributed by atoms with Crippen LogP contribution in [0, 0.1) is 0 Å². The molecule has 100 valence electrons. The molecule has 0 aliphatic heterocycles. The minimum atomic E-state index is -4.62. The first kappa shape index (κ1) is 13.1. The van der Waals surface area contributed by atoms with Gasteiger partial charge in [0.25, 0.3) is 10.1 Å². The summed E-state index contributed by atoms with van der Waals surface area (Å²) in [6.45, 7) is 0. The number of aromatic carboxylic acids is 1. The summed E-state index contributed by atoms with van der Waals surface area (Å²) in [4.78, 5) is 10.3. The highest BCUT2D eigenvalue weighted by atomic mass is 32.2. The zero-order valence-electron chi connectivity index (χ0n) is 9.36. The average Bonchev–Trinajstić information content (AvgIpc) is 2.31. The lowest BCUT2D eigenvalue weighted by atomic mass is 10.0. The Bertz CT molecular complexity index is 796. The van der Waals surface area contributed by atoms with Gasteiger partial charge in [0, 0.05) is 16.8 Å². The van der Waals surface area contributed by atoms with E-state index in [-0.39, 0.29) is 22.0 Å². The molecule has 0 bridgehead atoms. The van der Waals surface area contributed by atoms with Gasteiger partial charge in [-0.15, -0.1) is 0 Å². The van der Waals surface area contributed by atoms with E-state index >= 15 is 0 Å². The number of nitrogen functional groups attached to an aromatic ring is 1. The van der Waals surface area contributed by atoms with Gasteiger partial charge >= 0.3 is 5.97 Å². The van der Waals surface area contributed by atoms with Crippen molar-refractivity contribution in [2.75, 3.05) is 5.73 Å². The number of aromatic hydroxyl groups is 1. The first-order valence-corrected chi connectivity index (χ1v) is 6.42. The van der Waals surface area contributed by atoms with E-state index in [4.69, 9.17) is 15.4 Å². The topological polar surface area (TPSA) is 138 Å². The highest BCUT2D eigenvalue weighted by molar-refractivity contribution is 7.86. The van der Waals surface area contributed by atoms with Crippen molar-refractivity contribution >= 4 is 32.5 Å². The molecule has 2 aromatic carbocycles. The number of phenols is 1. The standard InChI is InChI=1S/C11H9NO6S/c12-10-6-2-1-5(11(14)15)3-7(6)9(4-8(10)13)19(16,17)18/h1-4,13H,12H2,(H,14,15)(H,16,17,18). The Morgan fingerprint density at radius 3 is 2.32 bits per heavy atom. The smallest absolute Gasteiger partial charge is 0.335 e. The lowest BCUT2D eigenvalue weighted by Gasteiger charge is -2.09. The third-order valence-corrected chi connectivity index (χ3v) is 3.54. The van der Waals surface area contributed by atoms with Gasteiger partial charge in [-0.2, -0.15) is 8.42 Å². The molecule has 8 heteroatoms. The average molecular weight is 283 g/mol. The van der Waals surface area contributed by atoms with Crippen LogP contribution in [0.25, 0.3) is 10.8 Å². The van der Waals surface area contributed by atoms with Crippen LogP contribution in [0.4, 0.5) is 5.69 Å². The molecule has 0 aliphatic carbocycles. The molecule has 0 aromatic heterocycles. The van der Waals surface area contributed by atoms with Crippen molar-refractivity contribution in [3.8, 4) is 5.75 Å². The summed E-state index contributed by atoms with van der Waals surface area (Å²) in [6.07, 6.45) is 0. The van der Waals surface area contributed by atoms with Gasteiger partial charge in [0.05, 0.1) is 11.3 Å². The Kier molecular flexibility index (Phi) is 2.84. The molecule has 0 atom stereocenters. The monoisotopic (exact) mass is 283 g/mol. The summed E-state index contributed by atoms with van der Waals surface area (Å²) in [6, 6.07) is 4.33. The van der Waals surface area contributed by atoms with Gasteiger partial charge in [-0.3, -0.25) is 4.55 Å². The fourth-order valence-electron chi connectivity index (χ4n) is 1.75. The highest BCUT2D eigenvalue weighted by Gasteiger charge is 2.19. The second kappa shape index (κ2) is 4.11. The van der Waals surface area contributed by atoms with Crippen molar-refractivity contribution in [2.24, 2.45) is 0 Å². The molecule has 0 heterocycles. The van der Waals surface area contributed by atoms with Gasteiger partial charge in [0.2, 0.25) is 0 Å². The molecule has 0 amide bonds. The number of carbonyl (C=O) groups is 1. The van der Waals surface area contributed by atoms with E-state index in [1.807, 2.05) is 0 Å². The number of carboxylic acids is 1. The first-order chi connectivity index (χ1) is 8.71. The first-order valence-electron chi connectivity index (χ1n) is 4.98. The van der Waals surface area contributed by atoms with Gasteiger partial charge in [0.1, 0.15) is 10.6 Å². The van der Waals surface area contributed by atoms with E-state index in [9.17, 15) is 18.3 Å². The Balaban J connectivity index is 2.99. The molecule has 0 radical (unpaired) electrons.